The highest BCUT2D eigenvalue weighted by molar-refractivity contribution is 5.95. The first kappa shape index (κ1) is 22.8. The number of benzene rings is 1. The van der Waals surface area contributed by atoms with E-state index >= 15 is 0 Å². The monoisotopic (exact) mass is 440 g/mol. The molecule has 0 saturated carbocycles. The van der Waals surface area contributed by atoms with Crippen LogP contribution in [0, 0.1) is 5.92 Å². The standard InChI is InChI=1S/C19H22N2O3.C2HF3O2/c22-19-17-6-8-20(12-15-7-10-23-14-15)13-18(17)24-11-9-21(19)16-4-2-1-3-5-16;3-2(4,5)1(6)7/h1-5,7,10,14,17-18H,6,8-9,11-13H2;(H,6,7)/t17-,18+;/m1./s1. The van der Waals surface area contributed by atoms with E-state index in [1.165, 1.54) is 5.56 Å². The quantitative estimate of drug-likeness (QED) is 0.790. The highest BCUT2D eigenvalue weighted by Crippen LogP contribution is 2.28. The second-order valence-electron chi connectivity index (χ2n) is 7.30. The SMILES string of the molecule is O=C(O)C(F)(F)F.O=C1[C@@H]2CCN(Cc3ccoc3)C[C@@H]2OCCN1c1ccccc1. The minimum Gasteiger partial charge on any atom is -0.475 e. The molecule has 4 rings (SSSR count). The van der Waals surface area contributed by atoms with Crippen LogP contribution in [0.5, 0.6) is 0 Å². The lowest BCUT2D eigenvalue weighted by Gasteiger charge is -2.36. The molecule has 2 saturated heterocycles. The summed E-state index contributed by atoms with van der Waals surface area (Å²) in [6.07, 6.45) is -0.787. The number of ether oxygens (including phenoxy) is 1. The zero-order valence-corrected chi connectivity index (χ0v) is 16.6. The zero-order valence-electron chi connectivity index (χ0n) is 16.6. The van der Waals surface area contributed by atoms with Gasteiger partial charge in [0, 0.05) is 30.9 Å². The van der Waals surface area contributed by atoms with Crippen LogP contribution in [0.25, 0.3) is 0 Å². The number of anilines is 1. The van der Waals surface area contributed by atoms with Gasteiger partial charge in [0.2, 0.25) is 5.91 Å². The molecule has 10 heteroatoms. The number of carboxylic acid groups (broad SMARTS) is 1. The summed E-state index contributed by atoms with van der Waals surface area (Å²) in [7, 11) is 0. The topological polar surface area (TPSA) is 83.2 Å². The maximum absolute atomic E-state index is 13.0. The van der Waals surface area contributed by atoms with E-state index in [9.17, 15) is 18.0 Å². The molecule has 2 aromatic rings. The molecule has 2 fully saturated rings. The summed E-state index contributed by atoms with van der Waals surface area (Å²) in [5.74, 6) is -2.60. The summed E-state index contributed by atoms with van der Waals surface area (Å²) in [4.78, 5) is 26.1. The Morgan fingerprint density at radius 1 is 1.16 bits per heavy atom. The van der Waals surface area contributed by atoms with Crippen molar-refractivity contribution < 1.29 is 37.0 Å². The Hall–Kier alpha value is -2.85. The molecule has 1 aromatic carbocycles. The number of carbonyl (C=O) groups excluding carboxylic acids is 1. The molecule has 0 bridgehead atoms. The second kappa shape index (κ2) is 9.97. The van der Waals surface area contributed by atoms with Gasteiger partial charge in [0.25, 0.3) is 0 Å². The van der Waals surface area contributed by atoms with Crippen molar-refractivity contribution in [2.75, 3.05) is 31.1 Å². The number of alkyl halides is 3. The van der Waals surface area contributed by atoms with E-state index < -0.39 is 12.1 Å². The van der Waals surface area contributed by atoms with Crippen molar-refractivity contribution in [2.45, 2.75) is 25.2 Å². The van der Waals surface area contributed by atoms with E-state index in [1.54, 1.807) is 12.5 Å². The molecule has 0 aliphatic carbocycles. The Morgan fingerprint density at radius 3 is 2.48 bits per heavy atom. The molecule has 168 valence electrons. The third-order valence-electron chi connectivity index (χ3n) is 5.17. The summed E-state index contributed by atoms with van der Waals surface area (Å²) >= 11 is 0. The van der Waals surface area contributed by atoms with Gasteiger partial charge in [-0.25, -0.2) is 4.79 Å². The number of para-hydroxylation sites is 1. The summed E-state index contributed by atoms with van der Waals surface area (Å²) in [5, 5.41) is 7.12. The lowest BCUT2D eigenvalue weighted by Crippen LogP contribution is -2.49. The number of hydrogen-bond donors (Lipinski definition) is 1. The molecular formula is C21H23F3N2O5. The van der Waals surface area contributed by atoms with Gasteiger partial charge in [-0.15, -0.1) is 0 Å². The number of likely N-dealkylation sites (tertiary alicyclic amines) is 1. The molecule has 7 nitrogen and oxygen atoms in total. The van der Waals surface area contributed by atoms with E-state index in [1.807, 2.05) is 41.3 Å². The van der Waals surface area contributed by atoms with Crippen LogP contribution >= 0.6 is 0 Å². The molecule has 0 spiro atoms. The molecule has 1 aromatic heterocycles. The van der Waals surface area contributed by atoms with E-state index in [0.717, 1.165) is 31.7 Å². The Bertz CT molecular complexity index is 858. The Balaban J connectivity index is 0.000000339. The van der Waals surface area contributed by atoms with Crippen molar-refractivity contribution in [1.82, 2.24) is 4.90 Å². The first-order valence-electron chi connectivity index (χ1n) is 9.77. The molecule has 1 N–H and O–H groups in total. The van der Waals surface area contributed by atoms with E-state index in [2.05, 4.69) is 4.90 Å². The van der Waals surface area contributed by atoms with E-state index in [4.69, 9.17) is 19.1 Å². The van der Waals surface area contributed by atoms with Gasteiger partial charge in [-0.2, -0.15) is 13.2 Å². The summed E-state index contributed by atoms with van der Waals surface area (Å²) in [6, 6.07) is 11.9. The van der Waals surface area contributed by atoms with Gasteiger partial charge >= 0.3 is 12.1 Å². The van der Waals surface area contributed by atoms with Gasteiger partial charge in [0.1, 0.15) is 0 Å². The van der Waals surface area contributed by atoms with Crippen LogP contribution < -0.4 is 4.90 Å². The molecule has 0 unspecified atom stereocenters. The number of piperidine rings is 1. The number of nitrogens with zero attached hydrogens (tertiary/aromatic N) is 2. The lowest BCUT2D eigenvalue weighted by atomic mass is 9.92. The Kier molecular flexibility index (Phi) is 7.34. The summed E-state index contributed by atoms with van der Waals surface area (Å²) in [5.41, 5.74) is 2.13. The number of hydrogen-bond acceptors (Lipinski definition) is 5. The maximum Gasteiger partial charge on any atom is 0.490 e. The largest absolute Gasteiger partial charge is 0.490 e. The van der Waals surface area contributed by atoms with Crippen LogP contribution in [-0.4, -0.2) is 60.4 Å². The van der Waals surface area contributed by atoms with Gasteiger partial charge in [-0.05, 0) is 31.2 Å². The fraction of sp³-hybridized carbons (Fsp3) is 0.429. The van der Waals surface area contributed by atoms with Crippen molar-refractivity contribution in [3.8, 4) is 0 Å². The summed E-state index contributed by atoms with van der Waals surface area (Å²) in [6.45, 7) is 3.76. The van der Waals surface area contributed by atoms with E-state index in [-0.39, 0.29) is 17.9 Å². The van der Waals surface area contributed by atoms with Gasteiger partial charge in [0.15, 0.2) is 0 Å². The van der Waals surface area contributed by atoms with Crippen LogP contribution in [-0.2, 0) is 20.9 Å². The predicted molar refractivity (Wildman–Crippen MR) is 104 cm³/mol. The van der Waals surface area contributed by atoms with Crippen LogP contribution in [0.2, 0.25) is 0 Å². The number of amides is 1. The highest BCUT2D eigenvalue weighted by Gasteiger charge is 2.40. The van der Waals surface area contributed by atoms with Gasteiger partial charge in [0.05, 0.1) is 31.2 Å². The second-order valence-corrected chi connectivity index (χ2v) is 7.30. The smallest absolute Gasteiger partial charge is 0.475 e. The van der Waals surface area contributed by atoms with Crippen molar-refractivity contribution >= 4 is 17.6 Å². The molecule has 0 radical (unpaired) electrons. The molecule has 2 aliphatic heterocycles. The average molecular weight is 440 g/mol. The van der Waals surface area contributed by atoms with Crippen LogP contribution in [0.3, 0.4) is 0 Å². The molecule has 3 heterocycles. The zero-order chi connectivity index (χ0) is 22.4. The number of carboxylic acids is 1. The number of furan rings is 1. The van der Waals surface area contributed by atoms with Crippen LogP contribution in [0.4, 0.5) is 18.9 Å². The fourth-order valence-electron chi connectivity index (χ4n) is 3.69. The maximum atomic E-state index is 13.0. The number of rotatable bonds is 3. The van der Waals surface area contributed by atoms with Gasteiger partial charge in [-0.1, -0.05) is 18.2 Å². The molecule has 1 amide bonds. The van der Waals surface area contributed by atoms with Crippen molar-refractivity contribution in [3.63, 3.8) is 0 Å². The highest BCUT2D eigenvalue weighted by atomic mass is 19.4. The number of aliphatic carboxylic acids is 1. The minimum absolute atomic E-state index is 0.0214. The predicted octanol–water partition coefficient (Wildman–Crippen LogP) is 3.17. The molecular weight excluding hydrogens is 417 g/mol. The third kappa shape index (κ3) is 6.08. The average Bonchev–Trinajstić information content (AvgIpc) is 3.18. The van der Waals surface area contributed by atoms with Crippen molar-refractivity contribution in [3.05, 3.63) is 54.5 Å². The van der Waals surface area contributed by atoms with Crippen molar-refractivity contribution in [2.24, 2.45) is 5.92 Å². The van der Waals surface area contributed by atoms with Crippen LogP contribution in [0.1, 0.15) is 12.0 Å². The van der Waals surface area contributed by atoms with Crippen molar-refractivity contribution in [1.29, 1.82) is 0 Å². The third-order valence-corrected chi connectivity index (χ3v) is 5.17. The molecule has 2 aliphatic rings. The first-order chi connectivity index (χ1) is 14.8. The minimum atomic E-state index is -5.08. The summed E-state index contributed by atoms with van der Waals surface area (Å²) < 4.78 is 42.9. The Labute approximate surface area is 177 Å². The van der Waals surface area contributed by atoms with Crippen LogP contribution in [0.15, 0.2) is 53.3 Å². The van der Waals surface area contributed by atoms with Gasteiger partial charge in [-0.3, -0.25) is 9.69 Å². The first-order valence-corrected chi connectivity index (χ1v) is 9.77. The Morgan fingerprint density at radius 2 is 1.87 bits per heavy atom. The van der Waals surface area contributed by atoms with Gasteiger partial charge < -0.3 is 19.2 Å². The lowest BCUT2D eigenvalue weighted by molar-refractivity contribution is -0.192. The van der Waals surface area contributed by atoms with E-state index in [0.29, 0.717) is 13.2 Å². The number of carbonyl (C=O) groups is 2. The number of halogens is 3. The molecule has 31 heavy (non-hydrogen) atoms. The molecule has 2 atom stereocenters. The normalized spacial score (nSPS) is 22.2. The fourth-order valence-corrected chi connectivity index (χ4v) is 3.69. The number of fused-ring (bicyclic) bond motifs is 1.